The predicted molar refractivity (Wildman–Crippen MR) is 70.3 cm³/mol. The lowest BCUT2D eigenvalue weighted by molar-refractivity contribution is 0.186. The molecule has 0 saturated carbocycles. The smallest absolute Gasteiger partial charge is 0.0237 e. The Morgan fingerprint density at radius 3 is 2.38 bits per heavy atom. The summed E-state index contributed by atoms with van der Waals surface area (Å²) in [6.45, 7) is 7.34. The number of nitrogens with zero attached hydrogens (tertiary/aromatic N) is 1. The second kappa shape index (κ2) is 7.42. The Bertz CT molecular complexity index is 267. The van der Waals surface area contributed by atoms with Gasteiger partial charge < -0.3 is 5.73 Å². The zero-order chi connectivity index (χ0) is 11.8. The topological polar surface area (TPSA) is 29.3 Å². The molecule has 0 fully saturated rings. The summed E-state index contributed by atoms with van der Waals surface area (Å²) >= 11 is 0. The first-order valence-electron chi connectivity index (χ1n) is 6.29. The van der Waals surface area contributed by atoms with Crippen molar-refractivity contribution in [2.24, 2.45) is 5.73 Å². The second-order valence-corrected chi connectivity index (χ2v) is 4.25. The lowest BCUT2D eigenvalue weighted by Gasteiger charge is -2.30. The van der Waals surface area contributed by atoms with Gasteiger partial charge in [0.1, 0.15) is 0 Å². The molecule has 1 unspecified atom stereocenters. The van der Waals surface area contributed by atoms with E-state index in [0.717, 1.165) is 26.1 Å². The molecule has 1 aromatic rings. The third kappa shape index (κ3) is 3.95. The first kappa shape index (κ1) is 13.2. The highest BCUT2D eigenvalue weighted by Gasteiger charge is 2.14. The van der Waals surface area contributed by atoms with E-state index in [2.05, 4.69) is 49.1 Å². The zero-order valence-electron chi connectivity index (χ0n) is 10.5. The van der Waals surface area contributed by atoms with Gasteiger partial charge in [0.25, 0.3) is 0 Å². The van der Waals surface area contributed by atoms with Gasteiger partial charge in [-0.3, -0.25) is 4.90 Å². The van der Waals surface area contributed by atoms with Crippen molar-refractivity contribution in [2.75, 3.05) is 13.1 Å². The molecule has 90 valence electrons. The van der Waals surface area contributed by atoms with Crippen LogP contribution in [0.4, 0.5) is 0 Å². The van der Waals surface area contributed by atoms with Crippen molar-refractivity contribution >= 4 is 0 Å². The first-order chi connectivity index (χ1) is 7.81. The van der Waals surface area contributed by atoms with Gasteiger partial charge in [0.15, 0.2) is 0 Å². The summed E-state index contributed by atoms with van der Waals surface area (Å²) in [6, 6.07) is 11.2. The third-order valence-electron chi connectivity index (χ3n) is 3.00. The fourth-order valence-corrected chi connectivity index (χ4v) is 2.07. The SMILES string of the molecule is CCCN(Cc1ccccc1)C(CC)CN. The Morgan fingerprint density at radius 2 is 1.88 bits per heavy atom. The fraction of sp³-hybridized carbons (Fsp3) is 0.571. The zero-order valence-corrected chi connectivity index (χ0v) is 10.5. The minimum absolute atomic E-state index is 0.514. The van der Waals surface area contributed by atoms with Gasteiger partial charge in [0.05, 0.1) is 0 Å². The van der Waals surface area contributed by atoms with Crippen molar-refractivity contribution in [3.63, 3.8) is 0 Å². The predicted octanol–water partition coefficient (Wildman–Crippen LogP) is 2.64. The molecule has 16 heavy (non-hydrogen) atoms. The van der Waals surface area contributed by atoms with Crippen LogP contribution in [0.1, 0.15) is 32.3 Å². The van der Waals surface area contributed by atoms with Crippen molar-refractivity contribution in [1.29, 1.82) is 0 Å². The molecule has 2 heteroatoms. The van der Waals surface area contributed by atoms with Crippen molar-refractivity contribution < 1.29 is 0 Å². The van der Waals surface area contributed by atoms with Crippen LogP contribution in [0, 0.1) is 0 Å². The maximum Gasteiger partial charge on any atom is 0.0237 e. The van der Waals surface area contributed by atoms with Crippen molar-refractivity contribution in [1.82, 2.24) is 4.90 Å². The number of hydrogen-bond acceptors (Lipinski definition) is 2. The molecule has 0 amide bonds. The fourth-order valence-electron chi connectivity index (χ4n) is 2.07. The summed E-state index contributed by atoms with van der Waals surface area (Å²) < 4.78 is 0. The Hall–Kier alpha value is -0.860. The molecule has 0 aromatic heterocycles. The number of benzene rings is 1. The van der Waals surface area contributed by atoms with Gasteiger partial charge >= 0.3 is 0 Å². The Kier molecular flexibility index (Phi) is 6.12. The minimum Gasteiger partial charge on any atom is -0.329 e. The summed E-state index contributed by atoms with van der Waals surface area (Å²) in [5, 5.41) is 0. The van der Waals surface area contributed by atoms with Crippen LogP contribution >= 0.6 is 0 Å². The largest absolute Gasteiger partial charge is 0.329 e. The van der Waals surface area contributed by atoms with Gasteiger partial charge in [-0.1, -0.05) is 44.2 Å². The first-order valence-corrected chi connectivity index (χ1v) is 6.29. The molecule has 0 spiro atoms. The van der Waals surface area contributed by atoms with E-state index in [0.29, 0.717) is 6.04 Å². The van der Waals surface area contributed by atoms with Crippen molar-refractivity contribution in [3.05, 3.63) is 35.9 Å². The molecule has 0 radical (unpaired) electrons. The molecule has 2 nitrogen and oxygen atoms in total. The highest BCUT2D eigenvalue weighted by molar-refractivity contribution is 5.14. The molecule has 0 heterocycles. The average Bonchev–Trinajstić information content (AvgIpc) is 2.32. The highest BCUT2D eigenvalue weighted by atomic mass is 15.2. The number of rotatable bonds is 7. The second-order valence-electron chi connectivity index (χ2n) is 4.25. The van der Waals surface area contributed by atoms with E-state index in [9.17, 15) is 0 Å². The van der Waals surface area contributed by atoms with Crippen molar-refractivity contribution in [2.45, 2.75) is 39.3 Å². The molecule has 2 N–H and O–H groups in total. The summed E-state index contributed by atoms with van der Waals surface area (Å²) in [7, 11) is 0. The van der Waals surface area contributed by atoms with Crippen LogP contribution in [0.2, 0.25) is 0 Å². The molecular formula is C14H24N2. The van der Waals surface area contributed by atoms with Gasteiger partial charge in [0, 0.05) is 19.1 Å². The molecule has 0 aliphatic carbocycles. The van der Waals surface area contributed by atoms with Crippen LogP contribution in [0.25, 0.3) is 0 Å². The molecule has 1 atom stereocenters. The average molecular weight is 220 g/mol. The quantitative estimate of drug-likeness (QED) is 0.765. The number of nitrogens with two attached hydrogens (primary N) is 1. The van der Waals surface area contributed by atoms with E-state index in [1.54, 1.807) is 0 Å². The maximum absolute atomic E-state index is 5.83. The van der Waals surface area contributed by atoms with E-state index >= 15 is 0 Å². The normalized spacial score (nSPS) is 13.0. The van der Waals surface area contributed by atoms with E-state index in [4.69, 9.17) is 5.73 Å². The molecule has 0 bridgehead atoms. The highest BCUT2D eigenvalue weighted by Crippen LogP contribution is 2.10. The van der Waals surface area contributed by atoms with Gasteiger partial charge in [-0.25, -0.2) is 0 Å². The van der Waals surface area contributed by atoms with Crippen molar-refractivity contribution in [3.8, 4) is 0 Å². The van der Waals surface area contributed by atoms with Crippen LogP contribution < -0.4 is 5.73 Å². The minimum atomic E-state index is 0.514. The maximum atomic E-state index is 5.83. The van der Waals surface area contributed by atoms with E-state index < -0.39 is 0 Å². The summed E-state index contributed by atoms with van der Waals surface area (Å²) in [5.74, 6) is 0. The lowest BCUT2D eigenvalue weighted by Crippen LogP contribution is -2.40. The molecular weight excluding hydrogens is 196 g/mol. The van der Waals surface area contributed by atoms with Crippen LogP contribution in [0.5, 0.6) is 0 Å². The van der Waals surface area contributed by atoms with Gasteiger partial charge in [-0.05, 0) is 24.9 Å². The Balaban J connectivity index is 2.63. The monoisotopic (exact) mass is 220 g/mol. The Labute approximate surface area is 99.5 Å². The third-order valence-corrected chi connectivity index (χ3v) is 3.00. The lowest BCUT2D eigenvalue weighted by atomic mass is 10.1. The Morgan fingerprint density at radius 1 is 1.19 bits per heavy atom. The van der Waals surface area contributed by atoms with Crippen LogP contribution in [0.15, 0.2) is 30.3 Å². The molecule has 0 saturated heterocycles. The van der Waals surface area contributed by atoms with Gasteiger partial charge in [-0.15, -0.1) is 0 Å². The summed E-state index contributed by atoms with van der Waals surface area (Å²) in [6.07, 6.45) is 2.31. The van der Waals surface area contributed by atoms with Gasteiger partial charge in [-0.2, -0.15) is 0 Å². The van der Waals surface area contributed by atoms with E-state index in [1.807, 2.05) is 0 Å². The number of hydrogen-bond donors (Lipinski definition) is 1. The summed E-state index contributed by atoms with van der Waals surface area (Å²) in [4.78, 5) is 2.50. The van der Waals surface area contributed by atoms with Crippen LogP contribution in [-0.4, -0.2) is 24.0 Å². The van der Waals surface area contributed by atoms with Crippen LogP contribution in [0.3, 0.4) is 0 Å². The summed E-state index contributed by atoms with van der Waals surface area (Å²) in [5.41, 5.74) is 7.20. The molecule has 0 aliphatic rings. The van der Waals surface area contributed by atoms with Gasteiger partial charge in [0.2, 0.25) is 0 Å². The van der Waals surface area contributed by atoms with Crippen LogP contribution in [-0.2, 0) is 6.54 Å². The molecule has 1 rings (SSSR count). The molecule has 1 aromatic carbocycles. The standard InChI is InChI=1S/C14H24N2/c1-3-10-16(14(4-2)11-15)12-13-8-6-5-7-9-13/h5-9,14H,3-4,10-12,15H2,1-2H3. The molecule has 0 aliphatic heterocycles. The van der Waals surface area contributed by atoms with E-state index in [1.165, 1.54) is 12.0 Å². The van der Waals surface area contributed by atoms with E-state index in [-0.39, 0.29) is 0 Å².